The first kappa shape index (κ1) is 21.5. The van der Waals surface area contributed by atoms with Gasteiger partial charge in [0.05, 0.1) is 28.2 Å². The first-order chi connectivity index (χ1) is 15.4. The molecule has 0 atom stereocenters. The molecule has 0 saturated carbocycles. The average molecular weight is 466 g/mol. The summed E-state index contributed by atoms with van der Waals surface area (Å²) < 4.78 is 10.8. The van der Waals surface area contributed by atoms with Crippen LogP contribution in [0.5, 0.6) is 0 Å². The van der Waals surface area contributed by atoms with Gasteiger partial charge in [0.1, 0.15) is 11.5 Å². The van der Waals surface area contributed by atoms with Gasteiger partial charge < -0.3 is 9.15 Å². The number of para-hydroxylation sites is 1. The molecule has 1 fully saturated rings. The molecule has 8 nitrogen and oxygen atoms in total. The number of amides is 1. The number of nitro benzene ring substituents is 1. The van der Waals surface area contributed by atoms with E-state index in [-0.39, 0.29) is 15.6 Å². The fraction of sp³-hybridized carbons (Fsp3) is 0.0455. The molecule has 0 bridgehead atoms. The summed E-state index contributed by atoms with van der Waals surface area (Å²) in [5.41, 5.74) is 1.05. The number of nitro groups is 1. The van der Waals surface area contributed by atoms with Gasteiger partial charge in [0.15, 0.2) is 4.32 Å². The number of carbonyl (C=O) groups excluding carboxylic acids is 2. The third kappa shape index (κ3) is 4.05. The summed E-state index contributed by atoms with van der Waals surface area (Å²) in [5, 5.41) is 11.0. The number of hydrogen-bond donors (Lipinski definition) is 0. The zero-order valence-corrected chi connectivity index (χ0v) is 18.1. The standard InChI is InChI=1S/C22H14N2O6S2/c1-29-21(26)16-7-2-3-8-17(16)23-20(25)19(32-22(23)31)12-15-9-10-18(30-15)13-5-4-6-14(11-13)24(27)28/h2-12H,1H3/b19-12+. The molecule has 0 unspecified atom stereocenters. The predicted octanol–water partition coefficient (Wildman–Crippen LogP) is 5.05. The van der Waals surface area contributed by atoms with Crippen LogP contribution < -0.4 is 4.90 Å². The summed E-state index contributed by atoms with van der Waals surface area (Å²) in [4.78, 5) is 37.3. The van der Waals surface area contributed by atoms with Crippen molar-refractivity contribution in [3.63, 3.8) is 0 Å². The Labute approximate surface area is 191 Å². The summed E-state index contributed by atoms with van der Waals surface area (Å²) in [6.07, 6.45) is 1.54. The number of anilines is 1. The molecule has 2 aromatic carbocycles. The number of thioether (sulfide) groups is 1. The van der Waals surface area contributed by atoms with Gasteiger partial charge in [0.2, 0.25) is 0 Å². The highest BCUT2D eigenvalue weighted by Gasteiger charge is 2.35. The lowest BCUT2D eigenvalue weighted by Gasteiger charge is -2.17. The molecule has 1 saturated heterocycles. The highest BCUT2D eigenvalue weighted by atomic mass is 32.2. The van der Waals surface area contributed by atoms with Crippen molar-refractivity contribution in [3.05, 3.63) is 87.0 Å². The van der Waals surface area contributed by atoms with Gasteiger partial charge in [-0.25, -0.2) is 4.79 Å². The van der Waals surface area contributed by atoms with E-state index in [0.29, 0.717) is 27.7 Å². The van der Waals surface area contributed by atoms with Gasteiger partial charge in [0, 0.05) is 23.8 Å². The molecule has 1 aromatic heterocycles. The lowest BCUT2D eigenvalue weighted by atomic mass is 10.1. The van der Waals surface area contributed by atoms with Crippen LogP contribution in [0.3, 0.4) is 0 Å². The van der Waals surface area contributed by atoms with Gasteiger partial charge >= 0.3 is 5.97 Å². The lowest BCUT2D eigenvalue weighted by Crippen LogP contribution is -2.29. The van der Waals surface area contributed by atoms with Crippen LogP contribution in [0.1, 0.15) is 16.1 Å². The average Bonchev–Trinajstić information content (AvgIpc) is 3.37. The van der Waals surface area contributed by atoms with Gasteiger partial charge in [-0.2, -0.15) is 0 Å². The maximum atomic E-state index is 13.1. The molecular formula is C22H14N2O6S2. The molecule has 160 valence electrons. The van der Waals surface area contributed by atoms with Crippen molar-refractivity contribution in [2.45, 2.75) is 0 Å². The number of thiocarbonyl (C=S) groups is 1. The summed E-state index contributed by atoms with van der Waals surface area (Å²) in [7, 11) is 1.26. The van der Waals surface area contributed by atoms with E-state index in [1.807, 2.05) is 0 Å². The van der Waals surface area contributed by atoms with Crippen LogP contribution in [0.4, 0.5) is 11.4 Å². The highest BCUT2D eigenvalue weighted by Crippen LogP contribution is 2.38. The van der Waals surface area contributed by atoms with Crippen molar-refractivity contribution in [2.24, 2.45) is 0 Å². The third-order valence-corrected chi connectivity index (χ3v) is 5.89. The van der Waals surface area contributed by atoms with Crippen LogP contribution in [0.2, 0.25) is 0 Å². The Morgan fingerprint density at radius 3 is 2.72 bits per heavy atom. The maximum Gasteiger partial charge on any atom is 0.339 e. The molecule has 0 radical (unpaired) electrons. The van der Waals surface area contributed by atoms with E-state index in [4.69, 9.17) is 21.4 Å². The third-order valence-electron chi connectivity index (χ3n) is 4.59. The minimum Gasteiger partial charge on any atom is -0.465 e. The fourth-order valence-corrected chi connectivity index (χ4v) is 4.38. The Hall–Kier alpha value is -3.76. The van der Waals surface area contributed by atoms with Gasteiger partial charge in [-0.05, 0) is 24.3 Å². The van der Waals surface area contributed by atoms with Crippen LogP contribution in [-0.2, 0) is 9.53 Å². The molecule has 4 rings (SSSR count). The van der Waals surface area contributed by atoms with E-state index in [1.54, 1.807) is 54.6 Å². The summed E-state index contributed by atoms with van der Waals surface area (Å²) in [5.74, 6) is -0.171. The molecule has 10 heteroatoms. The Balaban J connectivity index is 1.63. The predicted molar refractivity (Wildman–Crippen MR) is 124 cm³/mol. The zero-order chi connectivity index (χ0) is 22.8. The molecule has 1 aliphatic heterocycles. The number of ether oxygens (including phenoxy) is 1. The first-order valence-corrected chi connectivity index (χ1v) is 10.4. The van der Waals surface area contributed by atoms with Crippen LogP contribution >= 0.6 is 24.0 Å². The number of benzene rings is 2. The minimum atomic E-state index is -0.578. The van der Waals surface area contributed by atoms with E-state index in [0.717, 1.165) is 11.8 Å². The largest absolute Gasteiger partial charge is 0.465 e. The number of furan rings is 1. The van der Waals surface area contributed by atoms with Crippen molar-refractivity contribution in [3.8, 4) is 11.3 Å². The smallest absolute Gasteiger partial charge is 0.339 e. The number of rotatable bonds is 5. The first-order valence-electron chi connectivity index (χ1n) is 9.19. The Kier molecular flexibility index (Phi) is 5.89. The van der Waals surface area contributed by atoms with Gasteiger partial charge in [-0.1, -0.05) is 48.2 Å². The van der Waals surface area contributed by atoms with Crippen molar-refractivity contribution < 1.29 is 23.7 Å². The summed E-state index contributed by atoms with van der Waals surface area (Å²) >= 11 is 6.45. The topological polar surface area (TPSA) is 103 Å². The van der Waals surface area contributed by atoms with Crippen LogP contribution in [-0.4, -0.2) is 28.2 Å². The normalized spacial score (nSPS) is 14.8. The lowest BCUT2D eigenvalue weighted by molar-refractivity contribution is -0.384. The summed E-state index contributed by atoms with van der Waals surface area (Å²) in [6.45, 7) is 0. The molecule has 0 aliphatic carbocycles. The van der Waals surface area contributed by atoms with Gasteiger partial charge in [-0.3, -0.25) is 19.8 Å². The van der Waals surface area contributed by atoms with Crippen LogP contribution in [0.15, 0.2) is 70.0 Å². The van der Waals surface area contributed by atoms with Crippen molar-refractivity contribution in [2.75, 3.05) is 12.0 Å². The Morgan fingerprint density at radius 1 is 1.19 bits per heavy atom. The van der Waals surface area contributed by atoms with Crippen molar-refractivity contribution in [1.82, 2.24) is 0 Å². The van der Waals surface area contributed by atoms with E-state index in [9.17, 15) is 19.7 Å². The molecule has 1 amide bonds. The molecule has 2 heterocycles. The second-order valence-electron chi connectivity index (χ2n) is 6.54. The highest BCUT2D eigenvalue weighted by molar-refractivity contribution is 8.27. The molecule has 32 heavy (non-hydrogen) atoms. The SMILES string of the molecule is COC(=O)c1ccccc1N1C(=O)/C(=C\c2ccc(-c3cccc([N+](=O)[O-])c3)o2)SC1=S. The van der Waals surface area contributed by atoms with E-state index in [1.165, 1.54) is 24.1 Å². The van der Waals surface area contributed by atoms with E-state index in [2.05, 4.69) is 0 Å². The number of carbonyl (C=O) groups is 2. The van der Waals surface area contributed by atoms with Crippen LogP contribution in [0.25, 0.3) is 17.4 Å². The van der Waals surface area contributed by atoms with Crippen molar-refractivity contribution >= 4 is 57.6 Å². The maximum absolute atomic E-state index is 13.1. The zero-order valence-electron chi connectivity index (χ0n) is 16.5. The van der Waals surface area contributed by atoms with Crippen molar-refractivity contribution in [1.29, 1.82) is 0 Å². The fourth-order valence-electron chi connectivity index (χ4n) is 3.11. The number of nitrogens with zero attached hydrogens (tertiary/aromatic N) is 2. The van der Waals surface area contributed by atoms with Crippen LogP contribution in [0, 0.1) is 10.1 Å². The summed E-state index contributed by atoms with van der Waals surface area (Å²) in [6, 6.07) is 15.9. The molecule has 0 N–H and O–H groups in total. The van der Waals surface area contributed by atoms with E-state index < -0.39 is 16.8 Å². The number of esters is 1. The molecule has 3 aromatic rings. The van der Waals surface area contributed by atoms with Gasteiger partial charge in [-0.15, -0.1) is 0 Å². The second kappa shape index (κ2) is 8.77. The minimum absolute atomic E-state index is 0.0504. The number of methoxy groups -OCH3 is 1. The Morgan fingerprint density at radius 2 is 1.97 bits per heavy atom. The molecule has 0 spiro atoms. The monoisotopic (exact) mass is 466 g/mol. The number of hydrogen-bond acceptors (Lipinski definition) is 8. The number of non-ortho nitro benzene ring substituents is 1. The Bertz CT molecular complexity index is 1300. The quantitative estimate of drug-likeness (QED) is 0.169. The molecular weight excluding hydrogens is 452 g/mol. The van der Waals surface area contributed by atoms with Gasteiger partial charge in [0.25, 0.3) is 11.6 Å². The van der Waals surface area contributed by atoms with E-state index >= 15 is 0 Å². The second-order valence-corrected chi connectivity index (χ2v) is 8.21. The molecule has 1 aliphatic rings.